The Hall–Kier alpha value is -0.900. The maximum atomic E-state index is 4.39. The Morgan fingerprint density at radius 1 is 1.33 bits per heavy atom. The summed E-state index contributed by atoms with van der Waals surface area (Å²) in [4.78, 5) is 4.39. The summed E-state index contributed by atoms with van der Waals surface area (Å²) in [5.74, 6) is 1.86. The summed E-state index contributed by atoms with van der Waals surface area (Å²) < 4.78 is 0. The lowest BCUT2D eigenvalue weighted by Crippen LogP contribution is -2.46. The molecule has 0 atom stereocenters. The van der Waals surface area contributed by atoms with Crippen molar-refractivity contribution < 1.29 is 0 Å². The van der Waals surface area contributed by atoms with E-state index in [1.807, 2.05) is 6.92 Å². The molecular weight excluding hydrogens is 188 g/mol. The first kappa shape index (κ1) is 10.6. The molecule has 2 rings (SSSR count). The third-order valence-corrected chi connectivity index (χ3v) is 3.48. The van der Waals surface area contributed by atoms with Crippen LogP contribution in [0.25, 0.3) is 0 Å². The molecule has 1 aromatic heterocycles. The highest BCUT2D eigenvalue weighted by Gasteiger charge is 2.31. The van der Waals surface area contributed by atoms with E-state index in [4.69, 9.17) is 0 Å². The highest BCUT2D eigenvalue weighted by Crippen LogP contribution is 2.30. The summed E-state index contributed by atoms with van der Waals surface area (Å²) >= 11 is 0. The van der Waals surface area contributed by atoms with Gasteiger partial charge in [-0.15, -0.1) is 0 Å². The smallest absolute Gasteiger partial charge is 0.152 e. The van der Waals surface area contributed by atoms with Crippen LogP contribution in [0.4, 0.5) is 0 Å². The number of aromatic amines is 1. The number of rotatable bonds is 3. The highest BCUT2D eigenvalue weighted by molar-refractivity contribution is 5.00. The van der Waals surface area contributed by atoms with Crippen LogP contribution in [-0.4, -0.2) is 27.8 Å². The monoisotopic (exact) mass is 208 g/mol. The molecule has 15 heavy (non-hydrogen) atoms. The summed E-state index contributed by atoms with van der Waals surface area (Å²) in [7, 11) is 2.06. The molecule has 4 nitrogen and oxygen atoms in total. The van der Waals surface area contributed by atoms with Gasteiger partial charge in [-0.2, -0.15) is 5.10 Å². The van der Waals surface area contributed by atoms with Crippen molar-refractivity contribution in [1.82, 2.24) is 20.5 Å². The molecule has 0 aromatic carbocycles. The minimum Gasteiger partial charge on any atom is -0.314 e. The molecule has 1 aliphatic carbocycles. The number of aryl methyl sites for hydroxylation is 1. The first-order valence-electron chi connectivity index (χ1n) is 5.81. The Morgan fingerprint density at radius 2 is 2.07 bits per heavy atom. The molecule has 0 aliphatic heterocycles. The number of hydrogen-bond donors (Lipinski definition) is 2. The Labute approximate surface area is 90.9 Å². The second-order valence-corrected chi connectivity index (χ2v) is 4.60. The number of aromatic nitrogens is 3. The predicted molar refractivity (Wildman–Crippen MR) is 59.7 cm³/mol. The quantitative estimate of drug-likeness (QED) is 0.793. The molecule has 1 aromatic rings. The molecule has 0 bridgehead atoms. The normalized spacial score (nSPS) is 20.4. The van der Waals surface area contributed by atoms with Gasteiger partial charge in [0, 0.05) is 12.0 Å². The average Bonchev–Trinajstić information content (AvgIpc) is 2.65. The zero-order chi connectivity index (χ0) is 10.7. The van der Waals surface area contributed by atoms with Crippen LogP contribution in [0.1, 0.15) is 43.8 Å². The molecule has 1 saturated carbocycles. The van der Waals surface area contributed by atoms with Crippen LogP contribution < -0.4 is 5.32 Å². The van der Waals surface area contributed by atoms with Crippen molar-refractivity contribution in [3.63, 3.8) is 0 Å². The van der Waals surface area contributed by atoms with Crippen LogP contribution in [0, 0.1) is 6.92 Å². The summed E-state index contributed by atoms with van der Waals surface area (Å²) in [6.07, 6.45) is 7.47. The first-order chi connectivity index (χ1) is 7.24. The van der Waals surface area contributed by atoms with Gasteiger partial charge in [0.2, 0.25) is 0 Å². The van der Waals surface area contributed by atoms with Crippen LogP contribution in [0.3, 0.4) is 0 Å². The van der Waals surface area contributed by atoms with Crippen molar-refractivity contribution in [2.45, 2.75) is 51.0 Å². The van der Waals surface area contributed by atoms with Crippen LogP contribution >= 0.6 is 0 Å². The standard InChI is InChI=1S/C11H20N4/c1-9-13-10(15-14-9)8-11(12-2)6-4-3-5-7-11/h12H,3-8H2,1-2H3,(H,13,14,15). The average molecular weight is 208 g/mol. The molecule has 4 heteroatoms. The lowest BCUT2D eigenvalue weighted by atomic mass is 9.79. The van der Waals surface area contributed by atoms with Gasteiger partial charge in [-0.1, -0.05) is 19.3 Å². The fraction of sp³-hybridized carbons (Fsp3) is 0.818. The Bertz CT molecular complexity index is 312. The van der Waals surface area contributed by atoms with E-state index in [1.54, 1.807) is 0 Å². The molecule has 0 spiro atoms. The van der Waals surface area contributed by atoms with Crippen molar-refractivity contribution in [3.05, 3.63) is 11.6 Å². The van der Waals surface area contributed by atoms with E-state index in [-0.39, 0.29) is 5.54 Å². The third kappa shape index (κ3) is 2.37. The Kier molecular flexibility index (Phi) is 3.05. The summed E-state index contributed by atoms with van der Waals surface area (Å²) in [6.45, 7) is 1.95. The lowest BCUT2D eigenvalue weighted by molar-refractivity contribution is 0.241. The SMILES string of the molecule is CNC1(Cc2n[nH]c(C)n2)CCCCC1. The van der Waals surface area contributed by atoms with E-state index in [1.165, 1.54) is 32.1 Å². The van der Waals surface area contributed by atoms with Crippen LogP contribution in [0.2, 0.25) is 0 Å². The summed E-state index contributed by atoms with van der Waals surface area (Å²) in [5.41, 5.74) is 0.243. The van der Waals surface area contributed by atoms with Crippen molar-refractivity contribution in [2.75, 3.05) is 7.05 Å². The van der Waals surface area contributed by atoms with Crippen molar-refractivity contribution in [2.24, 2.45) is 0 Å². The summed E-state index contributed by atoms with van der Waals surface area (Å²) in [6, 6.07) is 0. The van der Waals surface area contributed by atoms with E-state index >= 15 is 0 Å². The minimum atomic E-state index is 0.243. The number of H-pyrrole nitrogens is 1. The lowest BCUT2D eigenvalue weighted by Gasteiger charge is -2.36. The maximum Gasteiger partial charge on any atom is 0.152 e. The molecule has 0 amide bonds. The molecular formula is C11H20N4. The predicted octanol–water partition coefficient (Wildman–Crippen LogP) is 1.58. The molecule has 1 heterocycles. The van der Waals surface area contributed by atoms with E-state index in [9.17, 15) is 0 Å². The van der Waals surface area contributed by atoms with Gasteiger partial charge in [-0.25, -0.2) is 4.98 Å². The fourth-order valence-electron chi connectivity index (χ4n) is 2.51. The second kappa shape index (κ2) is 4.31. The molecule has 0 unspecified atom stereocenters. The van der Waals surface area contributed by atoms with Gasteiger partial charge < -0.3 is 5.32 Å². The zero-order valence-corrected chi connectivity index (χ0v) is 9.64. The van der Waals surface area contributed by atoms with Gasteiger partial charge in [-0.3, -0.25) is 5.10 Å². The Morgan fingerprint density at radius 3 is 2.60 bits per heavy atom. The van der Waals surface area contributed by atoms with Gasteiger partial charge in [0.1, 0.15) is 5.82 Å². The first-order valence-corrected chi connectivity index (χ1v) is 5.81. The minimum absolute atomic E-state index is 0.243. The second-order valence-electron chi connectivity index (χ2n) is 4.60. The van der Waals surface area contributed by atoms with Crippen LogP contribution in [0.15, 0.2) is 0 Å². The largest absolute Gasteiger partial charge is 0.314 e. The van der Waals surface area contributed by atoms with E-state index in [0.717, 1.165) is 18.1 Å². The zero-order valence-electron chi connectivity index (χ0n) is 9.64. The van der Waals surface area contributed by atoms with E-state index < -0.39 is 0 Å². The van der Waals surface area contributed by atoms with Crippen molar-refractivity contribution in [3.8, 4) is 0 Å². The molecule has 84 valence electrons. The Balaban J connectivity index is 2.06. The van der Waals surface area contributed by atoms with Gasteiger partial charge in [0.15, 0.2) is 5.82 Å². The molecule has 0 saturated heterocycles. The molecule has 2 N–H and O–H groups in total. The van der Waals surface area contributed by atoms with Crippen molar-refractivity contribution in [1.29, 1.82) is 0 Å². The number of hydrogen-bond acceptors (Lipinski definition) is 3. The number of nitrogens with zero attached hydrogens (tertiary/aromatic N) is 2. The fourth-order valence-corrected chi connectivity index (χ4v) is 2.51. The molecule has 0 radical (unpaired) electrons. The van der Waals surface area contributed by atoms with Gasteiger partial charge in [0.25, 0.3) is 0 Å². The maximum absolute atomic E-state index is 4.39. The topological polar surface area (TPSA) is 53.6 Å². The van der Waals surface area contributed by atoms with Crippen molar-refractivity contribution >= 4 is 0 Å². The third-order valence-electron chi connectivity index (χ3n) is 3.48. The van der Waals surface area contributed by atoms with Crippen LogP contribution in [0.5, 0.6) is 0 Å². The van der Waals surface area contributed by atoms with Crippen LogP contribution in [-0.2, 0) is 6.42 Å². The van der Waals surface area contributed by atoms with E-state index in [0.29, 0.717) is 0 Å². The number of nitrogens with one attached hydrogen (secondary N) is 2. The highest BCUT2D eigenvalue weighted by atomic mass is 15.2. The van der Waals surface area contributed by atoms with Gasteiger partial charge >= 0.3 is 0 Å². The molecule has 1 fully saturated rings. The van der Waals surface area contributed by atoms with E-state index in [2.05, 4.69) is 27.5 Å². The molecule has 1 aliphatic rings. The van der Waals surface area contributed by atoms with Gasteiger partial charge in [-0.05, 0) is 26.8 Å². The number of likely N-dealkylation sites (N-methyl/N-ethyl adjacent to an activating group) is 1. The van der Waals surface area contributed by atoms with Gasteiger partial charge in [0.05, 0.1) is 0 Å². The summed E-state index contributed by atoms with van der Waals surface area (Å²) in [5, 5.41) is 10.6.